The summed E-state index contributed by atoms with van der Waals surface area (Å²) in [5.74, 6) is 0.356. The van der Waals surface area contributed by atoms with E-state index in [1.165, 1.54) is 0 Å². The third-order valence-electron chi connectivity index (χ3n) is 3.51. The fourth-order valence-electron chi connectivity index (χ4n) is 2.52. The van der Waals surface area contributed by atoms with Crippen molar-refractivity contribution in [2.75, 3.05) is 26.7 Å². The number of benzene rings is 1. The zero-order valence-corrected chi connectivity index (χ0v) is 15.7. The number of hydrogen-bond acceptors (Lipinski definition) is 3. The van der Waals surface area contributed by atoms with Crippen LogP contribution in [0.1, 0.15) is 12.8 Å². The highest BCUT2D eigenvalue weighted by atomic mass is 79.9. The lowest BCUT2D eigenvalue weighted by molar-refractivity contribution is 0.263. The van der Waals surface area contributed by atoms with Crippen molar-refractivity contribution in [2.45, 2.75) is 17.7 Å². The standard InChI is InChI=1S/C13H18BrClN2O2S.ClH/c1-16-8-10-4-3-7-17(9-10)20(18,19)12-6-2-5-11(14)13(12)15;/h2,5-6,10,16H,3-4,7-9H2,1H3;1H. The second kappa shape index (κ2) is 8.13. The minimum atomic E-state index is -3.52. The lowest BCUT2D eigenvalue weighted by atomic mass is 10.00. The van der Waals surface area contributed by atoms with E-state index in [0.29, 0.717) is 23.5 Å². The van der Waals surface area contributed by atoms with Gasteiger partial charge in [0.05, 0.1) is 5.02 Å². The highest BCUT2D eigenvalue weighted by molar-refractivity contribution is 9.10. The maximum Gasteiger partial charge on any atom is 0.244 e. The normalized spacial score (nSPS) is 20.0. The molecule has 1 saturated heterocycles. The van der Waals surface area contributed by atoms with Gasteiger partial charge >= 0.3 is 0 Å². The van der Waals surface area contributed by atoms with Crippen molar-refractivity contribution in [1.29, 1.82) is 0 Å². The van der Waals surface area contributed by atoms with Crippen molar-refractivity contribution < 1.29 is 8.42 Å². The monoisotopic (exact) mass is 416 g/mol. The summed E-state index contributed by atoms with van der Waals surface area (Å²) in [5, 5.41) is 3.37. The van der Waals surface area contributed by atoms with Gasteiger partial charge in [-0.1, -0.05) is 17.7 Å². The second-order valence-electron chi connectivity index (χ2n) is 4.98. The summed E-state index contributed by atoms with van der Waals surface area (Å²) in [5.41, 5.74) is 0. The molecule has 1 aromatic rings. The topological polar surface area (TPSA) is 49.4 Å². The first-order valence-electron chi connectivity index (χ1n) is 6.55. The number of piperidine rings is 1. The molecule has 0 aromatic heterocycles. The van der Waals surface area contributed by atoms with Gasteiger partial charge in [-0.2, -0.15) is 4.31 Å². The van der Waals surface area contributed by atoms with Crippen LogP contribution in [-0.2, 0) is 10.0 Å². The molecule has 0 saturated carbocycles. The summed E-state index contributed by atoms with van der Waals surface area (Å²) in [6, 6.07) is 4.99. The number of rotatable bonds is 4. The first-order valence-corrected chi connectivity index (χ1v) is 9.16. The Morgan fingerprint density at radius 2 is 2.19 bits per heavy atom. The van der Waals surface area contributed by atoms with Gasteiger partial charge in [0.15, 0.2) is 0 Å². The molecule has 1 atom stereocenters. The molecule has 8 heteroatoms. The third kappa shape index (κ3) is 4.33. The van der Waals surface area contributed by atoms with Crippen molar-refractivity contribution in [3.05, 3.63) is 27.7 Å². The molecule has 0 bridgehead atoms. The van der Waals surface area contributed by atoms with E-state index in [4.69, 9.17) is 11.6 Å². The predicted octanol–water partition coefficient (Wildman–Crippen LogP) is 3.14. The van der Waals surface area contributed by atoms with Crippen molar-refractivity contribution >= 4 is 50.0 Å². The Morgan fingerprint density at radius 3 is 2.86 bits per heavy atom. The van der Waals surface area contributed by atoms with Gasteiger partial charge in [-0.3, -0.25) is 0 Å². The summed E-state index contributed by atoms with van der Waals surface area (Å²) in [7, 11) is -1.64. The highest BCUT2D eigenvalue weighted by Gasteiger charge is 2.31. The van der Waals surface area contributed by atoms with Crippen LogP contribution in [0.5, 0.6) is 0 Å². The average Bonchev–Trinajstić information content (AvgIpc) is 2.42. The molecule has 2 rings (SSSR count). The fourth-order valence-corrected chi connectivity index (χ4v) is 5.08. The van der Waals surface area contributed by atoms with E-state index in [2.05, 4.69) is 21.2 Å². The third-order valence-corrected chi connectivity index (χ3v) is 6.82. The van der Waals surface area contributed by atoms with E-state index >= 15 is 0 Å². The molecule has 4 nitrogen and oxygen atoms in total. The number of halogens is 3. The molecular formula is C13H19BrCl2N2O2S. The number of nitrogens with one attached hydrogen (secondary N) is 1. The lowest BCUT2D eigenvalue weighted by Gasteiger charge is -2.32. The molecule has 0 aliphatic carbocycles. The van der Waals surface area contributed by atoms with Crippen LogP contribution in [0.15, 0.2) is 27.6 Å². The van der Waals surface area contributed by atoms with Crippen LogP contribution in [0.2, 0.25) is 5.02 Å². The molecule has 1 fully saturated rings. The van der Waals surface area contributed by atoms with E-state index < -0.39 is 10.0 Å². The molecular weight excluding hydrogens is 399 g/mol. The predicted molar refractivity (Wildman–Crippen MR) is 91.8 cm³/mol. The van der Waals surface area contributed by atoms with Gasteiger partial charge in [0, 0.05) is 17.6 Å². The Kier molecular flexibility index (Phi) is 7.43. The summed E-state index contributed by atoms with van der Waals surface area (Å²) in [4.78, 5) is 0.179. The largest absolute Gasteiger partial charge is 0.319 e. The molecule has 1 aliphatic heterocycles. The fraction of sp³-hybridized carbons (Fsp3) is 0.538. The van der Waals surface area contributed by atoms with Gasteiger partial charge < -0.3 is 5.32 Å². The van der Waals surface area contributed by atoms with E-state index in [1.54, 1.807) is 22.5 Å². The molecule has 0 radical (unpaired) electrons. The Labute approximate surface area is 145 Å². The average molecular weight is 418 g/mol. The van der Waals surface area contributed by atoms with Crippen LogP contribution in [0.4, 0.5) is 0 Å². The molecule has 0 amide bonds. The van der Waals surface area contributed by atoms with Crippen LogP contribution in [0.3, 0.4) is 0 Å². The van der Waals surface area contributed by atoms with Gasteiger partial charge in [-0.25, -0.2) is 8.42 Å². The van der Waals surface area contributed by atoms with Crippen molar-refractivity contribution in [2.24, 2.45) is 5.92 Å². The lowest BCUT2D eigenvalue weighted by Crippen LogP contribution is -2.42. The summed E-state index contributed by atoms with van der Waals surface area (Å²) in [6.07, 6.45) is 1.94. The first kappa shape index (κ1) is 19.2. The second-order valence-corrected chi connectivity index (χ2v) is 8.12. The molecule has 1 N–H and O–H groups in total. The molecule has 120 valence electrons. The summed E-state index contributed by atoms with van der Waals surface area (Å²) in [6.45, 7) is 1.94. The van der Waals surface area contributed by atoms with Crippen molar-refractivity contribution in [1.82, 2.24) is 9.62 Å². The van der Waals surface area contributed by atoms with Gasteiger partial charge in [-0.15, -0.1) is 12.4 Å². The Balaban J connectivity index is 0.00000220. The molecule has 0 spiro atoms. The van der Waals surface area contributed by atoms with Crippen LogP contribution in [-0.4, -0.2) is 39.4 Å². The van der Waals surface area contributed by atoms with E-state index in [9.17, 15) is 8.42 Å². The quantitative estimate of drug-likeness (QED) is 0.818. The zero-order valence-electron chi connectivity index (χ0n) is 11.7. The molecule has 1 aliphatic rings. The van der Waals surface area contributed by atoms with Crippen molar-refractivity contribution in [3.8, 4) is 0 Å². The number of nitrogens with zero attached hydrogens (tertiary/aromatic N) is 1. The first-order chi connectivity index (χ1) is 9.46. The van der Waals surface area contributed by atoms with Crippen LogP contribution in [0, 0.1) is 5.92 Å². The molecule has 1 heterocycles. The van der Waals surface area contributed by atoms with Crippen LogP contribution in [0.25, 0.3) is 0 Å². The Bertz CT molecular complexity index is 582. The van der Waals surface area contributed by atoms with Crippen LogP contribution >= 0.6 is 39.9 Å². The molecule has 1 aromatic carbocycles. The van der Waals surface area contributed by atoms with E-state index in [0.717, 1.165) is 19.4 Å². The van der Waals surface area contributed by atoms with Gasteiger partial charge in [0.2, 0.25) is 10.0 Å². The van der Waals surface area contributed by atoms with Gasteiger partial charge in [-0.05, 0) is 60.4 Å². The smallest absolute Gasteiger partial charge is 0.244 e. The van der Waals surface area contributed by atoms with Gasteiger partial charge in [0.25, 0.3) is 0 Å². The summed E-state index contributed by atoms with van der Waals surface area (Å²) < 4.78 is 27.6. The SMILES string of the molecule is CNCC1CCCN(S(=O)(=O)c2cccc(Br)c2Cl)C1.Cl. The number of sulfonamides is 1. The maximum atomic E-state index is 12.7. The molecule has 21 heavy (non-hydrogen) atoms. The van der Waals surface area contributed by atoms with Crippen LogP contribution < -0.4 is 5.32 Å². The van der Waals surface area contributed by atoms with E-state index in [-0.39, 0.29) is 22.3 Å². The van der Waals surface area contributed by atoms with Crippen molar-refractivity contribution in [3.63, 3.8) is 0 Å². The molecule has 1 unspecified atom stereocenters. The zero-order chi connectivity index (χ0) is 14.8. The maximum absolute atomic E-state index is 12.7. The Hall–Kier alpha value is 0.150. The summed E-state index contributed by atoms with van der Waals surface area (Å²) >= 11 is 9.40. The Morgan fingerprint density at radius 1 is 1.48 bits per heavy atom. The highest BCUT2D eigenvalue weighted by Crippen LogP contribution is 2.32. The minimum Gasteiger partial charge on any atom is -0.319 e. The number of hydrogen-bond donors (Lipinski definition) is 1. The van der Waals surface area contributed by atoms with Gasteiger partial charge in [0.1, 0.15) is 4.90 Å². The van der Waals surface area contributed by atoms with E-state index in [1.807, 2.05) is 7.05 Å². The minimum absolute atomic E-state index is 0.